The molecule has 1 saturated heterocycles. The van der Waals surface area contributed by atoms with Crippen molar-refractivity contribution in [2.24, 2.45) is 0 Å². The summed E-state index contributed by atoms with van der Waals surface area (Å²) in [5.74, 6) is -4.22. The number of aliphatic hydroxyl groups is 1. The molecule has 1 aliphatic carbocycles. The van der Waals surface area contributed by atoms with Crippen LogP contribution in [0.15, 0.2) is 24.4 Å². The number of aliphatic hydroxyl groups excluding tert-OH is 1. The number of carbonyl (C=O) groups is 2. The van der Waals surface area contributed by atoms with Gasteiger partial charge in [0.25, 0.3) is 11.8 Å². The standard InChI is InChI=1S/C30H42F2N8O4/c1-37-24-19-34-29(36-26(24)40(22-6-3-4-7-22)20-30(31,32)28(37)43)35-23-9-8-21(18-25(23)44-2)27(42)33-10-5-11-38-12-14-39(15-13-38)16-17-41/h8-9,18-19,22,41H,3-7,10-17,20H2,1-2H3,(H,33,42)(H,34,35,36). The summed E-state index contributed by atoms with van der Waals surface area (Å²) in [6, 6.07) is 4.84. The van der Waals surface area contributed by atoms with E-state index in [-0.39, 0.29) is 36.0 Å². The van der Waals surface area contributed by atoms with E-state index in [2.05, 4.69) is 30.4 Å². The monoisotopic (exact) mass is 616 g/mol. The van der Waals surface area contributed by atoms with Gasteiger partial charge in [0.15, 0.2) is 5.82 Å². The van der Waals surface area contributed by atoms with E-state index < -0.39 is 18.4 Å². The molecule has 2 fully saturated rings. The quantitative estimate of drug-likeness (QED) is 0.324. The van der Waals surface area contributed by atoms with Crippen molar-refractivity contribution in [3.8, 4) is 5.75 Å². The number of rotatable bonds is 11. The van der Waals surface area contributed by atoms with E-state index in [9.17, 15) is 18.4 Å². The predicted octanol–water partition coefficient (Wildman–Crippen LogP) is 2.32. The zero-order valence-corrected chi connectivity index (χ0v) is 25.4. The lowest BCUT2D eigenvalue weighted by molar-refractivity contribution is -0.140. The Bertz CT molecular complexity index is 1320. The molecule has 1 aromatic heterocycles. The minimum Gasteiger partial charge on any atom is -0.495 e. The van der Waals surface area contributed by atoms with Gasteiger partial charge in [-0.2, -0.15) is 13.8 Å². The Hall–Kier alpha value is -3.62. The number of carbonyl (C=O) groups excluding carboxylic acids is 2. The Labute approximate surface area is 256 Å². The molecule has 240 valence electrons. The highest BCUT2D eigenvalue weighted by Crippen LogP contribution is 2.40. The average Bonchev–Trinajstić information content (AvgIpc) is 3.55. The number of fused-ring (bicyclic) bond motifs is 1. The molecule has 1 aromatic carbocycles. The maximum atomic E-state index is 14.9. The number of alkyl halides is 2. The maximum absolute atomic E-state index is 14.9. The van der Waals surface area contributed by atoms with E-state index in [0.717, 1.165) is 69.7 Å². The normalized spacial score (nSPS) is 19.5. The molecule has 2 aromatic rings. The summed E-state index contributed by atoms with van der Waals surface area (Å²) < 4.78 is 35.3. The van der Waals surface area contributed by atoms with Gasteiger partial charge < -0.3 is 35.2 Å². The molecule has 2 amide bonds. The molecule has 0 radical (unpaired) electrons. The van der Waals surface area contributed by atoms with Crippen molar-refractivity contribution in [2.75, 3.05) is 88.2 Å². The third-order valence-electron chi connectivity index (χ3n) is 8.66. The first-order chi connectivity index (χ1) is 21.2. The number of aromatic nitrogens is 2. The van der Waals surface area contributed by atoms with E-state index in [1.54, 1.807) is 23.1 Å². The lowest BCUT2D eigenvalue weighted by Gasteiger charge is -2.34. The second kappa shape index (κ2) is 14.0. The van der Waals surface area contributed by atoms with E-state index in [0.29, 0.717) is 30.1 Å². The van der Waals surface area contributed by atoms with Gasteiger partial charge in [0.1, 0.15) is 11.4 Å². The third kappa shape index (κ3) is 7.19. The van der Waals surface area contributed by atoms with E-state index in [4.69, 9.17) is 9.84 Å². The van der Waals surface area contributed by atoms with Crippen molar-refractivity contribution < 1.29 is 28.2 Å². The summed E-state index contributed by atoms with van der Waals surface area (Å²) >= 11 is 0. The van der Waals surface area contributed by atoms with Crippen molar-refractivity contribution in [1.82, 2.24) is 25.1 Å². The topological polar surface area (TPSA) is 126 Å². The number of halogens is 2. The van der Waals surface area contributed by atoms with Crippen LogP contribution in [-0.2, 0) is 4.79 Å². The van der Waals surface area contributed by atoms with Crippen molar-refractivity contribution >= 4 is 35.0 Å². The van der Waals surface area contributed by atoms with Crippen LogP contribution in [0.4, 0.5) is 31.9 Å². The highest BCUT2D eigenvalue weighted by Gasteiger charge is 2.48. The van der Waals surface area contributed by atoms with Gasteiger partial charge in [-0.05, 0) is 44.0 Å². The molecule has 1 saturated carbocycles. The van der Waals surface area contributed by atoms with E-state index in [1.165, 1.54) is 20.4 Å². The molecular weight excluding hydrogens is 574 g/mol. The van der Waals surface area contributed by atoms with Crippen molar-refractivity contribution in [2.45, 2.75) is 44.1 Å². The Morgan fingerprint density at radius 2 is 1.84 bits per heavy atom. The Balaban J connectivity index is 1.23. The number of anilines is 4. The Morgan fingerprint density at radius 1 is 1.14 bits per heavy atom. The lowest BCUT2D eigenvalue weighted by Crippen LogP contribution is -2.48. The number of amides is 2. The van der Waals surface area contributed by atoms with Crippen LogP contribution in [0.1, 0.15) is 42.5 Å². The largest absolute Gasteiger partial charge is 0.495 e. The van der Waals surface area contributed by atoms with Crippen LogP contribution in [0.5, 0.6) is 5.75 Å². The number of ether oxygens (including phenoxy) is 1. The first kappa shape index (κ1) is 31.8. The molecule has 44 heavy (non-hydrogen) atoms. The zero-order chi connectivity index (χ0) is 31.3. The van der Waals surface area contributed by atoms with Crippen molar-refractivity contribution in [3.05, 3.63) is 30.0 Å². The number of hydrogen-bond donors (Lipinski definition) is 3. The van der Waals surface area contributed by atoms with Crippen LogP contribution < -0.4 is 25.2 Å². The van der Waals surface area contributed by atoms with Crippen LogP contribution in [0, 0.1) is 0 Å². The summed E-state index contributed by atoms with van der Waals surface area (Å²) in [4.78, 5) is 41.4. The molecule has 3 N–H and O–H groups in total. The molecule has 0 unspecified atom stereocenters. The number of nitrogens with zero attached hydrogens (tertiary/aromatic N) is 6. The number of β-amino-alcohol motifs (C(OH)–C–C–N with tert-alkyl or cyclic N) is 1. The summed E-state index contributed by atoms with van der Waals surface area (Å²) in [7, 11) is 2.81. The fraction of sp³-hybridized carbons (Fsp3) is 0.600. The van der Waals surface area contributed by atoms with Gasteiger partial charge in [0, 0.05) is 57.9 Å². The lowest BCUT2D eigenvalue weighted by atomic mass is 10.1. The highest BCUT2D eigenvalue weighted by molar-refractivity contribution is 6.02. The summed E-state index contributed by atoms with van der Waals surface area (Å²) in [5, 5.41) is 15.2. The smallest absolute Gasteiger partial charge is 0.342 e. The SMILES string of the molecule is COc1cc(C(=O)NCCCN2CCN(CCO)CC2)ccc1Nc1ncc2c(n1)N(C1CCCC1)CC(F)(F)C(=O)N2C. The molecule has 3 heterocycles. The molecule has 0 spiro atoms. The molecule has 5 rings (SSSR count). The second-order valence-corrected chi connectivity index (χ2v) is 11.6. The van der Waals surface area contributed by atoms with Crippen LogP contribution in [0.2, 0.25) is 0 Å². The van der Waals surface area contributed by atoms with Gasteiger partial charge in [0.05, 0.1) is 32.1 Å². The Morgan fingerprint density at radius 3 is 2.52 bits per heavy atom. The molecular formula is C30H42F2N8O4. The predicted molar refractivity (Wildman–Crippen MR) is 163 cm³/mol. The molecule has 2 aliphatic heterocycles. The minimum atomic E-state index is -3.55. The van der Waals surface area contributed by atoms with Gasteiger partial charge in [-0.15, -0.1) is 0 Å². The zero-order valence-electron chi connectivity index (χ0n) is 25.4. The number of piperazine rings is 1. The molecule has 0 bridgehead atoms. The van der Waals surface area contributed by atoms with E-state index >= 15 is 0 Å². The van der Waals surface area contributed by atoms with Gasteiger partial charge in [-0.3, -0.25) is 14.5 Å². The van der Waals surface area contributed by atoms with Gasteiger partial charge in [0.2, 0.25) is 5.95 Å². The second-order valence-electron chi connectivity index (χ2n) is 11.6. The number of hydrogen-bond acceptors (Lipinski definition) is 10. The number of benzene rings is 1. The summed E-state index contributed by atoms with van der Waals surface area (Å²) in [6.45, 7) is 5.36. The average molecular weight is 617 g/mol. The first-order valence-corrected chi connectivity index (χ1v) is 15.3. The van der Waals surface area contributed by atoms with Crippen LogP contribution >= 0.6 is 0 Å². The number of methoxy groups -OCH3 is 1. The van der Waals surface area contributed by atoms with Crippen LogP contribution in [0.25, 0.3) is 0 Å². The van der Waals surface area contributed by atoms with Crippen LogP contribution in [-0.4, -0.2) is 122 Å². The van der Waals surface area contributed by atoms with Crippen LogP contribution in [0.3, 0.4) is 0 Å². The van der Waals surface area contributed by atoms with E-state index in [1.807, 2.05) is 0 Å². The number of nitrogens with one attached hydrogen (secondary N) is 2. The van der Waals surface area contributed by atoms with Gasteiger partial charge in [-0.1, -0.05) is 12.8 Å². The Kier molecular flexibility index (Phi) is 10.1. The molecule has 12 nitrogen and oxygen atoms in total. The van der Waals surface area contributed by atoms with Crippen molar-refractivity contribution in [1.29, 1.82) is 0 Å². The van der Waals surface area contributed by atoms with Gasteiger partial charge in [-0.25, -0.2) is 4.98 Å². The highest BCUT2D eigenvalue weighted by atomic mass is 19.3. The minimum absolute atomic E-state index is 0.143. The molecule has 3 aliphatic rings. The van der Waals surface area contributed by atoms with Crippen molar-refractivity contribution in [3.63, 3.8) is 0 Å². The summed E-state index contributed by atoms with van der Waals surface area (Å²) in [5.41, 5.74) is 1.16. The van der Waals surface area contributed by atoms with Gasteiger partial charge >= 0.3 is 5.92 Å². The fourth-order valence-electron chi connectivity index (χ4n) is 6.14. The molecule has 14 heteroatoms. The molecule has 0 atom stereocenters. The first-order valence-electron chi connectivity index (χ1n) is 15.3. The summed E-state index contributed by atoms with van der Waals surface area (Å²) in [6.07, 6.45) is 5.57. The third-order valence-corrected chi connectivity index (χ3v) is 8.66. The maximum Gasteiger partial charge on any atom is 0.342 e. The fourth-order valence-corrected chi connectivity index (χ4v) is 6.14.